The summed E-state index contributed by atoms with van der Waals surface area (Å²) in [6, 6.07) is 14.2. The molecule has 5 rings (SSSR count). The number of likely N-dealkylation sites (tertiary alicyclic amines) is 1. The number of nitrogens with zero attached hydrogens (tertiary/aromatic N) is 3. The van der Waals surface area contributed by atoms with Crippen LogP contribution in [0.25, 0.3) is 0 Å². The molecule has 0 unspecified atom stereocenters. The van der Waals surface area contributed by atoms with Gasteiger partial charge in [-0.25, -0.2) is 5.01 Å². The number of fused-ring (bicyclic) bond motifs is 4. The van der Waals surface area contributed by atoms with E-state index in [0.717, 1.165) is 55.9 Å². The van der Waals surface area contributed by atoms with Crippen molar-refractivity contribution in [1.29, 1.82) is 0 Å². The molecular weight excluding hydrogens is 405 g/mol. The van der Waals surface area contributed by atoms with E-state index in [1.807, 2.05) is 12.1 Å². The van der Waals surface area contributed by atoms with Crippen molar-refractivity contribution in [3.63, 3.8) is 0 Å². The Bertz CT molecular complexity index is 953. The van der Waals surface area contributed by atoms with Crippen LogP contribution in [0.4, 0.5) is 0 Å². The number of para-hydroxylation sites is 1. The zero-order valence-corrected chi connectivity index (χ0v) is 18.1. The van der Waals surface area contributed by atoms with Crippen molar-refractivity contribution in [1.82, 2.24) is 9.91 Å². The molecule has 1 spiro atoms. The first-order valence-corrected chi connectivity index (χ1v) is 11.2. The average Bonchev–Trinajstić information content (AvgIpc) is 3.16. The Hall–Kier alpha value is -1.75. The summed E-state index contributed by atoms with van der Waals surface area (Å²) in [4.78, 5) is 2.53. The number of hydrogen-bond donors (Lipinski definition) is 0. The van der Waals surface area contributed by atoms with Gasteiger partial charge in [-0.05, 0) is 31.2 Å². The van der Waals surface area contributed by atoms with Gasteiger partial charge in [0.2, 0.25) is 5.72 Å². The van der Waals surface area contributed by atoms with Crippen molar-refractivity contribution in [2.24, 2.45) is 5.10 Å². The second-order valence-electron chi connectivity index (χ2n) is 8.16. The number of rotatable bonds is 3. The predicted octanol–water partition coefficient (Wildman–Crippen LogP) is 5.74. The standard InChI is InChI=1S/C23H25Cl2N3O/c1-2-11-27-12-9-23(10-13-27)28-21(18-5-3-4-6-22(18)29-23)15-20(26-28)17-8-7-16(24)14-19(17)25/h3-8,14,21H,2,9-13,15H2,1H3/t21-/m1/s1. The first-order chi connectivity index (χ1) is 14.1. The lowest BCUT2D eigenvalue weighted by atomic mass is 9.90. The molecule has 0 aromatic heterocycles. The lowest BCUT2D eigenvalue weighted by molar-refractivity contribution is -0.149. The number of halogens is 2. The Kier molecular flexibility index (Phi) is 4.97. The van der Waals surface area contributed by atoms with Crippen LogP contribution in [0.1, 0.15) is 49.8 Å². The van der Waals surface area contributed by atoms with Gasteiger partial charge in [-0.2, -0.15) is 5.10 Å². The third kappa shape index (κ3) is 3.31. The molecule has 0 amide bonds. The van der Waals surface area contributed by atoms with Crippen molar-refractivity contribution in [2.75, 3.05) is 19.6 Å². The van der Waals surface area contributed by atoms with Gasteiger partial charge in [0.1, 0.15) is 5.75 Å². The van der Waals surface area contributed by atoms with Gasteiger partial charge < -0.3 is 9.64 Å². The van der Waals surface area contributed by atoms with Crippen LogP contribution in [-0.4, -0.2) is 41.0 Å². The zero-order valence-electron chi connectivity index (χ0n) is 16.6. The van der Waals surface area contributed by atoms with Crippen LogP contribution in [0.2, 0.25) is 10.0 Å². The van der Waals surface area contributed by atoms with E-state index in [-0.39, 0.29) is 11.8 Å². The number of piperidine rings is 1. The second-order valence-corrected chi connectivity index (χ2v) is 9.01. The molecule has 1 saturated heterocycles. The molecule has 4 nitrogen and oxygen atoms in total. The molecule has 6 heteroatoms. The van der Waals surface area contributed by atoms with E-state index in [4.69, 9.17) is 33.0 Å². The molecular formula is C23H25Cl2N3O. The van der Waals surface area contributed by atoms with Crippen LogP contribution in [0.15, 0.2) is 47.6 Å². The molecule has 3 aliphatic heterocycles. The molecule has 2 aromatic carbocycles. The van der Waals surface area contributed by atoms with Crippen LogP contribution >= 0.6 is 23.2 Å². The summed E-state index contributed by atoms with van der Waals surface area (Å²) in [5, 5.41) is 8.62. The molecule has 1 fully saturated rings. The highest BCUT2D eigenvalue weighted by Crippen LogP contribution is 2.50. The van der Waals surface area contributed by atoms with Gasteiger partial charge in [-0.15, -0.1) is 0 Å². The summed E-state index contributed by atoms with van der Waals surface area (Å²) in [6.07, 6.45) is 3.90. The number of ether oxygens (including phenoxy) is 1. The normalized spacial score (nSPS) is 22.8. The van der Waals surface area contributed by atoms with Gasteiger partial charge in [0.15, 0.2) is 0 Å². The summed E-state index contributed by atoms with van der Waals surface area (Å²) in [5.74, 6) is 0.997. The fourth-order valence-electron chi connectivity index (χ4n) is 4.89. The van der Waals surface area contributed by atoms with E-state index in [1.165, 1.54) is 12.0 Å². The summed E-state index contributed by atoms with van der Waals surface area (Å²) in [6.45, 7) is 5.45. The molecule has 3 aliphatic rings. The monoisotopic (exact) mass is 429 g/mol. The summed E-state index contributed by atoms with van der Waals surface area (Å²) in [7, 11) is 0. The highest BCUT2D eigenvalue weighted by atomic mass is 35.5. The van der Waals surface area contributed by atoms with Gasteiger partial charge in [0.05, 0.1) is 16.8 Å². The number of benzene rings is 2. The van der Waals surface area contributed by atoms with E-state index in [9.17, 15) is 0 Å². The quantitative estimate of drug-likeness (QED) is 0.622. The summed E-state index contributed by atoms with van der Waals surface area (Å²) >= 11 is 12.6. The molecule has 2 aromatic rings. The third-order valence-corrected chi connectivity index (χ3v) is 6.87. The minimum atomic E-state index is -0.385. The van der Waals surface area contributed by atoms with Crippen molar-refractivity contribution in [2.45, 2.75) is 44.4 Å². The minimum absolute atomic E-state index is 0.180. The fraction of sp³-hybridized carbons (Fsp3) is 0.435. The Morgan fingerprint density at radius 1 is 1.14 bits per heavy atom. The SMILES string of the molecule is CCCN1CCC2(CC1)Oc1ccccc1[C@H]1CC(c3ccc(Cl)cc3Cl)=NN12. The molecule has 152 valence electrons. The lowest BCUT2D eigenvalue weighted by Crippen LogP contribution is -2.59. The fourth-order valence-corrected chi connectivity index (χ4v) is 5.41. The zero-order chi connectivity index (χ0) is 20.0. The third-order valence-electron chi connectivity index (χ3n) is 6.33. The van der Waals surface area contributed by atoms with Crippen molar-refractivity contribution in [3.05, 3.63) is 63.6 Å². The first kappa shape index (κ1) is 19.2. The van der Waals surface area contributed by atoms with E-state index >= 15 is 0 Å². The van der Waals surface area contributed by atoms with Gasteiger partial charge in [0, 0.05) is 48.5 Å². The lowest BCUT2D eigenvalue weighted by Gasteiger charge is -2.51. The minimum Gasteiger partial charge on any atom is -0.466 e. The molecule has 0 aliphatic carbocycles. The number of hydrogen-bond acceptors (Lipinski definition) is 4. The van der Waals surface area contributed by atoms with Crippen LogP contribution in [0.3, 0.4) is 0 Å². The molecule has 0 N–H and O–H groups in total. The van der Waals surface area contributed by atoms with Crippen LogP contribution in [0.5, 0.6) is 5.75 Å². The maximum atomic E-state index is 6.67. The van der Waals surface area contributed by atoms with E-state index in [1.54, 1.807) is 6.07 Å². The van der Waals surface area contributed by atoms with Crippen LogP contribution in [0, 0.1) is 0 Å². The van der Waals surface area contributed by atoms with E-state index < -0.39 is 0 Å². The van der Waals surface area contributed by atoms with Gasteiger partial charge in [0.25, 0.3) is 0 Å². The molecule has 1 atom stereocenters. The van der Waals surface area contributed by atoms with Crippen molar-refractivity contribution < 1.29 is 4.74 Å². The number of hydrazone groups is 1. The Morgan fingerprint density at radius 2 is 1.93 bits per heavy atom. The van der Waals surface area contributed by atoms with Gasteiger partial charge >= 0.3 is 0 Å². The molecule has 0 saturated carbocycles. The molecule has 0 bridgehead atoms. The molecule has 0 radical (unpaired) electrons. The topological polar surface area (TPSA) is 28.1 Å². The second kappa shape index (κ2) is 7.50. The van der Waals surface area contributed by atoms with E-state index in [2.05, 4.69) is 41.1 Å². The van der Waals surface area contributed by atoms with Crippen molar-refractivity contribution in [3.8, 4) is 5.75 Å². The van der Waals surface area contributed by atoms with Crippen molar-refractivity contribution >= 4 is 28.9 Å². The maximum absolute atomic E-state index is 6.67. The average molecular weight is 430 g/mol. The van der Waals surface area contributed by atoms with Crippen LogP contribution < -0.4 is 4.74 Å². The Balaban J connectivity index is 1.53. The van der Waals surface area contributed by atoms with Crippen LogP contribution in [-0.2, 0) is 0 Å². The summed E-state index contributed by atoms with van der Waals surface area (Å²) in [5.41, 5.74) is 2.79. The maximum Gasteiger partial charge on any atom is 0.200 e. The van der Waals surface area contributed by atoms with Gasteiger partial charge in [-0.3, -0.25) is 0 Å². The largest absolute Gasteiger partial charge is 0.466 e. The van der Waals surface area contributed by atoms with E-state index in [0.29, 0.717) is 10.0 Å². The Labute approximate surface area is 182 Å². The summed E-state index contributed by atoms with van der Waals surface area (Å²) < 4.78 is 6.67. The van der Waals surface area contributed by atoms with Gasteiger partial charge in [-0.1, -0.05) is 54.4 Å². The Morgan fingerprint density at radius 3 is 2.69 bits per heavy atom. The first-order valence-electron chi connectivity index (χ1n) is 10.4. The predicted molar refractivity (Wildman–Crippen MR) is 118 cm³/mol. The molecule has 29 heavy (non-hydrogen) atoms. The highest BCUT2D eigenvalue weighted by Gasteiger charge is 2.51. The molecule has 3 heterocycles. The smallest absolute Gasteiger partial charge is 0.200 e. The highest BCUT2D eigenvalue weighted by molar-refractivity contribution is 6.37.